The minimum Gasteiger partial charge on any atom is -0.492 e. The Morgan fingerprint density at radius 3 is 2.40 bits per heavy atom. The Morgan fingerprint density at radius 1 is 1.13 bits per heavy atom. The van der Waals surface area contributed by atoms with Gasteiger partial charge in [0.15, 0.2) is 6.61 Å². The van der Waals surface area contributed by atoms with Crippen LogP contribution in [0.5, 0.6) is 5.75 Å². The van der Waals surface area contributed by atoms with Crippen LogP contribution in [-0.2, 0) is 23.9 Å². The standard InChI is InChI=1S/C22H24N2O6/c1-3-29-16-7-5-4-6-15(16)23-17(25)11-30-22(28)12(2)24-20(26)18-13-8-9-14(10-13)19(18)21(24)27/h4-9,12-14,18-19H,3,10-11H2,1-2H3,(H,23,25)/t12-,13-,14-,18-,19+/m0/s1. The molecule has 1 N–H and O–H groups in total. The zero-order chi connectivity index (χ0) is 21.4. The van der Waals surface area contributed by atoms with Gasteiger partial charge in [0, 0.05) is 0 Å². The second kappa shape index (κ2) is 7.93. The molecular formula is C22H24N2O6. The number of imide groups is 1. The smallest absolute Gasteiger partial charge is 0.329 e. The first-order chi connectivity index (χ1) is 14.4. The van der Waals surface area contributed by atoms with E-state index in [1.807, 2.05) is 19.1 Å². The van der Waals surface area contributed by atoms with Gasteiger partial charge in [0.2, 0.25) is 11.8 Å². The van der Waals surface area contributed by atoms with Gasteiger partial charge in [0.1, 0.15) is 11.8 Å². The van der Waals surface area contributed by atoms with Crippen LogP contribution >= 0.6 is 0 Å². The lowest BCUT2D eigenvalue weighted by atomic mass is 9.85. The van der Waals surface area contributed by atoms with Crippen LogP contribution in [0.4, 0.5) is 5.69 Å². The van der Waals surface area contributed by atoms with E-state index in [0.717, 1.165) is 11.3 Å². The third kappa shape index (κ3) is 3.36. The molecule has 3 amide bonds. The van der Waals surface area contributed by atoms with Gasteiger partial charge in [-0.3, -0.25) is 19.3 Å². The largest absolute Gasteiger partial charge is 0.492 e. The molecule has 8 nitrogen and oxygen atoms in total. The predicted molar refractivity (Wildman–Crippen MR) is 106 cm³/mol. The number of fused-ring (bicyclic) bond motifs is 5. The van der Waals surface area contributed by atoms with Crippen LogP contribution in [0.1, 0.15) is 20.3 Å². The maximum Gasteiger partial charge on any atom is 0.329 e. The van der Waals surface area contributed by atoms with Gasteiger partial charge in [-0.15, -0.1) is 0 Å². The number of amides is 3. The van der Waals surface area contributed by atoms with Crippen LogP contribution in [0.25, 0.3) is 0 Å². The molecule has 1 saturated heterocycles. The summed E-state index contributed by atoms with van der Waals surface area (Å²) in [6.45, 7) is 3.20. The number of benzene rings is 1. The first-order valence-electron chi connectivity index (χ1n) is 10.2. The van der Waals surface area contributed by atoms with Crippen molar-refractivity contribution < 1.29 is 28.7 Å². The molecule has 0 aromatic heterocycles. The van der Waals surface area contributed by atoms with Gasteiger partial charge in [-0.25, -0.2) is 4.79 Å². The molecule has 1 saturated carbocycles. The third-order valence-corrected chi connectivity index (χ3v) is 6.04. The van der Waals surface area contributed by atoms with Gasteiger partial charge in [-0.1, -0.05) is 24.3 Å². The fourth-order valence-electron chi connectivity index (χ4n) is 4.71. The minimum atomic E-state index is -1.07. The number of carbonyl (C=O) groups is 4. The molecule has 0 unspecified atom stereocenters. The number of allylic oxidation sites excluding steroid dienone is 2. The number of likely N-dealkylation sites (tertiary alicyclic amines) is 1. The van der Waals surface area contributed by atoms with E-state index in [1.165, 1.54) is 6.92 Å². The summed E-state index contributed by atoms with van der Waals surface area (Å²) in [5.74, 6) is -2.06. The Bertz CT molecular complexity index is 896. The molecule has 158 valence electrons. The number of carbonyl (C=O) groups excluding carboxylic acids is 4. The lowest BCUT2D eigenvalue weighted by molar-refractivity contribution is -0.159. The number of ether oxygens (including phenoxy) is 2. The molecule has 8 heteroatoms. The molecule has 2 bridgehead atoms. The Morgan fingerprint density at radius 2 is 1.77 bits per heavy atom. The maximum atomic E-state index is 12.8. The van der Waals surface area contributed by atoms with Gasteiger partial charge in [-0.05, 0) is 44.2 Å². The number of esters is 1. The SMILES string of the molecule is CCOc1ccccc1NC(=O)COC(=O)[C@H](C)N1C(=O)[C@@H]2[C@H](C1=O)[C@H]1C=C[C@H]2C1. The zero-order valence-corrected chi connectivity index (χ0v) is 16.9. The van der Waals surface area contributed by atoms with Crippen molar-refractivity contribution in [3.8, 4) is 5.75 Å². The van der Waals surface area contributed by atoms with Crippen LogP contribution in [0.2, 0.25) is 0 Å². The van der Waals surface area contributed by atoms with E-state index in [0.29, 0.717) is 18.0 Å². The van der Waals surface area contributed by atoms with Crippen molar-refractivity contribution in [2.45, 2.75) is 26.3 Å². The van der Waals surface area contributed by atoms with Gasteiger partial charge >= 0.3 is 5.97 Å². The van der Waals surface area contributed by atoms with Crippen molar-refractivity contribution >= 4 is 29.4 Å². The number of rotatable bonds is 7. The Kier molecular flexibility index (Phi) is 5.32. The van der Waals surface area contributed by atoms with E-state index in [4.69, 9.17) is 9.47 Å². The summed E-state index contributed by atoms with van der Waals surface area (Å²) in [5, 5.41) is 2.63. The quantitative estimate of drug-likeness (QED) is 0.416. The molecule has 0 radical (unpaired) electrons. The Labute approximate surface area is 174 Å². The summed E-state index contributed by atoms with van der Waals surface area (Å²) in [5.41, 5.74) is 0.467. The fourth-order valence-corrected chi connectivity index (χ4v) is 4.71. The third-order valence-electron chi connectivity index (χ3n) is 6.04. The highest BCUT2D eigenvalue weighted by atomic mass is 16.5. The summed E-state index contributed by atoms with van der Waals surface area (Å²) >= 11 is 0. The average molecular weight is 412 g/mol. The molecule has 1 aliphatic heterocycles. The molecular weight excluding hydrogens is 388 g/mol. The molecule has 1 aromatic carbocycles. The maximum absolute atomic E-state index is 12.8. The van der Waals surface area contributed by atoms with E-state index in [9.17, 15) is 19.2 Å². The van der Waals surface area contributed by atoms with Gasteiger partial charge in [-0.2, -0.15) is 0 Å². The number of anilines is 1. The average Bonchev–Trinajstić information content (AvgIpc) is 3.41. The zero-order valence-electron chi connectivity index (χ0n) is 16.9. The van der Waals surface area contributed by atoms with E-state index in [-0.39, 0.29) is 35.5 Å². The fraction of sp³-hybridized carbons (Fsp3) is 0.455. The van der Waals surface area contributed by atoms with Crippen molar-refractivity contribution in [3.63, 3.8) is 0 Å². The summed E-state index contributed by atoms with van der Waals surface area (Å²) < 4.78 is 10.5. The predicted octanol–water partition coefficient (Wildman–Crippen LogP) is 1.76. The van der Waals surface area contributed by atoms with Crippen molar-refractivity contribution in [2.75, 3.05) is 18.5 Å². The summed E-state index contributed by atoms with van der Waals surface area (Å²) in [6.07, 6.45) is 4.81. The molecule has 0 spiro atoms. The van der Waals surface area contributed by atoms with Crippen LogP contribution in [0.15, 0.2) is 36.4 Å². The Balaban J connectivity index is 1.34. The van der Waals surface area contributed by atoms with Crippen LogP contribution < -0.4 is 10.1 Å². The molecule has 3 aliphatic rings. The number of nitrogens with one attached hydrogen (secondary N) is 1. The topological polar surface area (TPSA) is 102 Å². The normalized spacial score (nSPS) is 27.2. The highest BCUT2D eigenvalue weighted by molar-refractivity contribution is 6.09. The highest BCUT2D eigenvalue weighted by Gasteiger charge is 2.60. The first-order valence-corrected chi connectivity index (χ1v) is 10.2. The number of hydrogen-bond donors (Lipinski definition) is 1. The Hall–Kier alpha value is -3.16. The lowest BCUT2D eigenvalue weighted by Crippen LogP contribution is -2.45. The number of hydrogen-bond acceptors (Lipinski definition) is 6. The molecule has 2 fully saturated rings. The molecule has 30 heavy (non-hydrogen) atoms. The van der Waals surface area contributed by atoms with Crippen LogP contribution in [-0.4, -0.2) is 47.8 Å². The van der Waals surface area contributed by atoms with Crippen molar-refractivity contribution in [1.82, 2.24) is 4.90 Å². The second-order valence-electron chi connectivity index (χ2n) is 7.81. The second-order valence-corrected chi connectivity index (χ2v) is 7.81. The first kappa shape index (κ1) is 20.1. The molecule has 2 aliphatic carbocycles. The van der Waals surface area contributed by atoms with Crippen molar-refractivity contribution in [2.24, 2.45) is 23.7 Å². The molecule has 4 rings (SSSR count). The van der Waals surface area contributed by atoms with E-state index < -0.39 is 24.5 Å². The molecule has 1 heterocycles. The minimum absolute atomic E-state index is 0.0702. The van der Waals surface area contributed by atoms with E-state index in [1.54, 1.807) is 24.3 Å². The molecule has 5 atom stereocenters. The summed E-state index contributed by atoms with van der Waals surface area (Å²) in [4.78, 5) is 51.2. The van der Waals surface area contributed by atoms with Gasteiger partial charge < -0.3 is 14.8 Å². The summed E-state index contributed by atoms with van der Waals surface area (Å²) in [6, 6.07) is 5.85. The number of para-hydroxylation sites is 2. The highest BCUT2D eigenvalue weighted by Crippen LogP contribution is 2.52. The van der Waals surface area contributed by atoms with E-state index >= 15 is 0 Å². The van der Waals surface area contributed by atoms with E-state index in [2.05, 4.69) is 5.32 Å². The molecule has 1 aromatic rings. The monoisotopic (exact) mass is 412 g/mol. The van der Waals surface area contributed by atoms with Crippen molar-refractivity contribution in [3.05, 3.63) is 36.4 Å². The van der Waals surface area contributed by atoms with Crippen molar-refractivity contribution in [1.29, 1.82) is 0 Å². The van der Waals surface area contributed by atoms with Gasteiger partial charge in [0.25, 0.3) is 5.91 Å². The van der Waals surface area contributed by atoms with Gasteiger partial charge in [0.05, 0.1) is 24.1 Å². The lowest BCUT2D eigenvalue weighted by Gasteiger charge is -2.23. The van der Waals surface area contributed by atoms with Crippen LogP contribution in [0.3, 0.4) is 0 Å². The number of nitrogens with zero attached hydrogens (tertiary/aromatic N) is 1. The summed E-state index contributed by atoms with van der Waals surface area (Å²) in [7, 11) is 0. The van der Waals surface area contributed by atoms with Crippen LogP contribution in [0, 0.1) is 23.7 Å².